The van der Waals surface area contributed by atoms with Gasteiger partial charge in [0.2, 0.25) is 0 Å². The van der Waals surface area contributed by atoms with Gasteiger partial charge in [0.1, 0.15) is 5.75 Å². The minimum Gasteiger partial charge on any atom is -0.493 e. The molecule has 25 heavy (non-hydrogen) atoms. The molecule has 1 fully saturated rings. The molecular formula is C19H30IN3O2. The Bertz CT molecular complexity index is 563. The SMILES string of the molecule is CN=C(NCC1CCOc2ccccc21)N(C)CCOCC1CC1.I. The van der Waals surface area contributed by atoms with Crippen LogP contribution in [-0.4, -0.2) is 57.9 Å². The van der Waals surface area contributed by atoms with Crippen LogP contribution in [0.5, 0.6) is 5.75 Å². The zero-order valence-corrected chi connectivity index (χ0v) is 17.6. The molecule has 1 saturated carbocycles. The van der Waals surface area contributed by atoms with Crippen molar-refractivity contribution in [2.75, 3.05) is 47.0 Å². The molecule has 1 unspecified atom stereocenters. The van der Waals surface area contributed by atoms with Gasteiger partial charge in [0.05, 0.1) is 13.2 Å². The minimum absolute atomic E-state index is 0. The Balaban J connectivity index is 0.00000225. The van der Waals surface area contributed by atoms with Crippen LogP contribution in [0.1, 0.15) is 30.7 Å². The topological polar surface area (TPSA) is 46.1 Å². The number of likely N-dealkylation sites (N-methyl/N-ethyl adjacent to an activating group) is 1. The number of halogens is 1. The number of hydrogen-bond acceptors (Lipinski definition) is 3. The summed E-state index contributed by atoms with van der Waals surface area (Å²) in [6.07, 6.45) is 3.71. The highest BCUT2D eigenvalue weighted by molar-refractivity contribution is 14.0. The van der Waals surface area contributed by atoms with Gasteiger partial charge in [-0.25, -0.2) is 0 Å². The summed E-state index contributed by atoms with van der Waals surface area (Å²) < 4.78 is 11.5. The lowest BCUT2D eigenvalue weighted by Gasteiger charge is -2.28. The maximum absolute atomic E-state index is 5.74. The van der Waals surface area contributed by atoms with E-state index in [4.69, 9.17) is 9.47 Å². The third-order valence-electron chi connectivity index (χ3n) is 4.78. The first-order chi connectivity index (χ1) is 11.8. The molecule has 1 aliphatic heterocycles. The van der Waals surface area contributed by atoms with E-state index >= 15 is 0 Å². The Morgan fingerprint density at radius 1 is 1.32 bits per heavy atom. The number of nitrogens with one attached hydrogen (secondary N) is 1. The molecule has 0 radical (unpaired) electrons. The molecule has 1 aliphatic carbocycles. The average Bonchev–Trinajstić information content (AvgIpc) is 3.44. The summed E-state index contributed by atoms with van der Waals surface area (Å²) in [6.45, 7) is 4.19. The van der Waals surface area contributed by atoms with Crippen molar-refractivity contribution < 1.29 is 9.47 Å². The molecular weight excluding hydrogens is 429 g/mol. The van der Waals surface area contributed by atoms with Crippen molar-refractivity contribution in [3.8, 4) is 5.75 Å². The predicted molar refractivity (Wildman–Crippen MR) is 112 cm³/mol. The Morgan fingerprint density at radius 2 is 2.12 bits per heavy atom. The van der Waals surface area contributed by atoms with E-state index in [-0.39, 0.29) is 24.0 Å². The molecule has 0 spiro atoms. The number of hydrogen-bond donors (Lipinski definition) is 1. The second-order valence-electron chi connectivity index (χ2n) is 6.74. The lowest BCUT2D eigenvalue weighted by Crippen LogP contribution is -2.42. The average molecular weight is 459 g/mol. The van der Waals surface area contributed by atoms with Crippen molar-refractivity contribution in [2.45, 2.75) is 25.2 Å². The van der Waals surface area contributed by atoms with Crippen LogP contribution in [0.25, 0.3) is 0 Å². The molecule has 5 nitrogen and oxygen atoms in total. The molecule has 6 heteroatoms. The van der Waals surface area contributed by atoms with Gasteiger partial charge < -0.3 is 19.7 Å². The summed E-state index contributed by atoms with van der Waals surface area (Å²) in [6, 6.07) is 8.33. The van der Waals surface area contributed by atoms with Crippen LogP contribution < -0.4 is 10.1 Å². The van der Waals surface area contributed by atoms with Crippen LogP contribution in [0.4, 0.5) is 0 Å². The first kappa shape index (κ1) is 20.3. The second-order valence-corrected chi connectivity index (χ2v) is 6.74. The van der Waals surface area contributed by atoms with Gasteiger partial charge in [-0.15, -0.1) is 24.0 Å². The molecule has 0 aromatic heterocycles. The van der Waals surface area contributed by atoms with Crippen LogP contribution in [0.2, 0.25) is 0 Å². The van der Waals surface area contributed by atoms with E-state index in [0.29, 0.717) is 5.92 Å². The lowest BCUT2D eigenvalue weighted by atomic mass is 9.93. The predicted octanol–water partition coefficient (Wildman–Crippen LogP) is 3.10. The summed E-state index contributed by atoms with van der Waals surface area (Å²) >= 11 is 0. The minimum atomic E-state index is 0. The molecule has 0 saturated heterocycles. The number of para-hydroxylation sites is 1. The zero-order chi connectivity index (χ0) is 16.8. The fourth-order valence-corrected chi connectivity index (χ4v) is 3.07. The number of rotatable bonds is 7. The van der Waals surface area contributed by atoms with Crippen LogP contribution >= 0.6 is 24.0 Å². The van der Waals surface area contributed by atoms with Crippen LogP contribution in [-0.2, 0) is 4.74 Å². The van der Waals surface area contributed by atoms with Gasteiger partial charge in [-0.05, 0) is 36.8 Å². The highest BCUT2D eigenvalue weighted by atomic mass is 127. The normalized spacial score (nSPS) is 19.4. The molecule has 1 aromatic rings. The van der Waals surface area contributed by atoms with E-state index in [1.165, 1.54) is 18.4 Å². The number of benzene rings is 1. The van der Waals surface area contributed by atoms with E-state index in [1.807, 2.05) is 13.1 Å². The van der Waals surface area contributed by atoms with E-state index in [0.717, 1.165) is 57.0 Å². The van der Waals surface area contributed by atoms with Gasteiger partial charge in [-0.1, -0.05) is 18.2 Å². The molecule has 3 rings (SSSR count). The van der Waals surface area contributed by atoms with Crippen molar-refractivity contribution in [1.82, 2.24) is 10.2 Å². The van der Waals surface area contributed by atoms with Crippen molar-refractivity contribution in [2.24, 2.45) is 10.9 Å². The number of ether oxygens (including phenoxy) is 2. The highest BCUT2D eigenvalue weighted by Crippen LogP contribution is 2.32. The molecule has 140 valence electrons. The fraction of sp³-hybridized carbons (Fsp3) is 0.632. The van der Waals surface area contributed by atoms with Gasteiger partial charge >= 0.3 is 0 Å². The van der Waals surface area contributed by atoms with Crippen molar-refractivity contribution in [3.05, 3.63) is 29.8 Å². The smallest absolute Gasteiger partial charge is 0.193 e. The first-order valence-electron chi connectivity index (χ1n) is 8.99. The monoisotopic (exact) mass is 459 g/mol. The summed E-state index contributed by atoms with van der Waals surface area (Å²) in [5.41, 5.74) is 1.29. The maximum Gasteiger partial charge on any atom is 0.193 e. The summed E-state index contributed by atoms with van der Waals surface area (Å²) in [5.74, 6) is 3.23. The first-order valence-corrected chi connectivity index (χ1v) is 8.99. The second kappa shape index (κ2) is 10.2. The summed E-state index contributed by atoms with van der Waals surface area (Å²) in [7, 11) is 3.90. The number of nitrogens with zero attached hydrogens (tertiary/aromatic N) is 2. The van der Waals surface area contributed by atoms with E-state index in [9.17, 15) is 0 Å². The molecule has 2 aliphatic rings. The highest BCUT2D eigenvalue weighted by Gasteiger charge is 2.22. The third-order valence-corrected chi connectivity index (χ3v) is 4.78. The summed E-state index contributed by atoms with van der Waals surface area (Å²) in [5, 5.41) is 3.51. The van der Waals surface area contributed by atoms with Gasteiger partial charge in [0.15, 0.2) is 5.96 Å². The largest absolute Gasteiger partial charge is 0.493 e. The zero-order valence-electron chi connectivity index (χ0n) is 15.2. The number of aliphatic imine (C=N–C) groups is 1. The van der Waals surface area contributed by atoms with Crippen molar-refractivity contribution in [1.29, 1.82) is 0 Å². The quantitative estimate of drug-likeness (QED) is 0.295. The maximum atomic E-state index is 5.74. The van der Waals surface area contributed by atoms with Gasteiger partial charge in [-0.3, -0.25) is 4.99 Å². The third kappa shape index (κ3) is 6.02. The fourth-order valence-electron chi connectivity index (χ4n) is 3.07. The van der Waals surface area contributed by atoms with E-state index in [1.54, 1.807) is 0 Å². The van der Waals surface area contributed by atoms with Gasteiger partial charge in [-0.2, -0.15) is 0 Å². The summed E-state index contributed by atoms with van der Waals surface area (Å²) in [4.78, 5) is 6.54. The standard InChI is InChI=1S/C19H29N3O2.HI/c1-20-19(22(2)10-12-23-14-15-7-8-15)21-13-16-9-11-24-18-6-4-3-5-17(16)18;/h3-6,15-16H,7-14H2,1-2H3,(H,20,21);1H. The van der Waals surface area contributed by atoms with Crippen molar-refractivity contribution >= 4 is 29.9 Å². The Labute approximate surface area is 168 Å². The molecule has 1 atom stereocenters. The Hall–Kier alpha value is -1.02. The van der Waals surface area contributed by atoms with Crippen LogP contribution in [0.15, 0.2) is 29.3 Å². The Morgan fingerprint density at radius 3 is 2.88 bits per heavy atom. The van der Waals surface area contributed by atoms with E-state index in [2.05, 4.69) is 40.5 Å². The lowest BCUT2D eigenvalue weighted by molar-refractivity contribution is 0.115. The van der Waals surface area contributed by atoms with Gasteiger partial charge in [0, 0.05) is 39.7 Å². The van der Waals surface area contributed by atoms with Gasteiger partial charge in [0.25, 0.3) is 0 Å². The van der Waals surface area contributed by atoms with E-state index < -0.39 is 0 Å². The Kier molecular flexibility index (Phi) is 8.29. The van der Waals surface area contributed by atoms with Crippen molar-refractivity contribution in [3.63, 3.8) is 0 Å². The molecule has 1 heterocycles. The molecule has 0 amide bonds. The molecule has 1 N–H and O–H groups in total. The van der Waals surface area contributed by atoms with Crippen LogP contribution in [0.3, 0.4) is 0 Å². The number of guanidine groups is 1. The molecule has 0 bridgehead atoms. The number of fused-ring (bicyclic) bond motifs is 1. The molecule has 1 aromatic carbocycles. The van der Waals surface area contributed by atoms with Crippen LogP contribution in [0, 0.1) is 5.92 Å².